The van der Waals surface area contributed by atoms with Crippen LogP contribution in [-0.4, -0.2) is 86.6 Å². The van der Waals surface area contributed by atoms with Crippen LogP contribution in [-0.2, 0) is 49.6 Å². The second-order valence-corrected chi connectivity index (χ2v) is 10.9. The molecule has 46 heavy (non-hydrogen) atoms. The maximum Gasteiger partial charge on any atom is 0.408 e. The standard InChI is InChI=1S/C31H45FN4O10/c1-7-19(4)27(30(42)34-22(23(37)16-32)15-25(39)45-6)35-28(40)21(13-14-24(38)44-5)33-29(41)26(18(2)3)36-31(43)46-17-20-11-9-8-10-12-20/h8-12,18-19,21-22,26-27H,7,13-17H2,1-6H3,(H,33,41)(H,34,42)(H,35,40)(H,36,43)/t19-,21-,22+,26-,27+/m1/s1. The number of rotatable bonds is 19. The number of carbonyl (C=O) groups is 7. The molecule has 0 bridgehead atoms. The molecule has 0 aliphatic heterocycles. The van der Waals surface area contributed by atoms with E-state index in [0.717, 1.165) is 19.8 Å². The van der Waals surface area contributed by atoms with Gasteiger partial charge in [-0.2, -0.15) is 0 Å². The number of esters is 2. The van der Waals surface area contributed by atoms with Crippen molar-refractivity contribution in [2.45, 2.75) is 84.2 Å². The monoisotopic (exact) mass is 652 g/mol. The minimum absolute atomic E-state index is 0.0419. The number of hydrogen-bond donors (Lipinski definition) is 4. The van der Waals surface area contributed by atoms with Crippen LogP contribution in [0.3, 0.4) is 0 Å². The first-order valence-electron chi connectivity index (χ1n) is 14.9. The molecular weight excluding hydrogens is 607 g/mol. The Morgan fingerprint density at radius 2 is 1.35 bits per heavy atom. The van der Waals surface area contributed by atoms with Crippen LogP contribution < -0.4 is 21.3 Å². The fraction of sp³-hybridized carbons (Fsp3) is 0.581. The van der Waals surface area contributed by atoms with Gasteiger partial charge < -0.3 is 35.5 Å². The molecule has 0 aliphatic rings. The van der Waals surface area contributed by atoms with Crippen molar-refractivity contribution in [1.82, 2.24) is 21.3 Å². The predicted octanol–water partition coefficient (Wildman–Crippen LogP) is 1.49. The van der Waals surface area contributed by atoms with Crippen molar-refractivity contribution in [2.75, 3.05) is 20.9 Å². The van der Waals surface area contributed by atoms with E-state index in [1.165, 1.54) is 0 Å². The first-order valence-corrected chi connectivity index (χ1v) is 14.9. The van der Waals surface area contributed by atoms with Gasteiger partial charge in [0, 0.05) is 6.42 Å². The third-order valence-corrected chi connectivity index (χ3v) is 7.16. The van der Waals surface area contributed by atoms with Gasteiger partial charge in [-0.05, 0) is 23.8 Å². The van der Waals surface area contributed by atoms with Crippen LogP contribution in [0.25, 0.3) is 0 Å². The smallest absolute Gasteiger partial charge is 0.408 e. The predicted molar refractivity (Wildman–Crippen MR) is 163 cm³/mol. The summed E-state index contributed by atoms with van der Waals surface area (Å²) in [5, 5.41) is 9.87. The minimum Gasteiger partial charge on any atom is -0.469 e. The average Bonchev–Trinajstić information content (AvgIpc) is 3.05. The van der Waals surface area contributed by atoms with E-state index in [9.17, 15) is 38.0 Å². The Balaban J connectivity index is 3.15. The first-order chi connectivity index (χ1) is 21.8. The van der Waals surface area contributed by atoms with Crippen LogP contribution in [0, 0.1) is 11.8 Å². The maximum atomic E-state index is 13.5. The highest BCUT2D eigenvalue weighted by atomic mass is 19.1. The third kappa shape index (κ3) is 13.6. The van der Waals surface area contributed by atoms with Crippen LogP contribution in [0.4, 0.5) is 9.18 Å². The van der Waals surface area contributed by atoms with Crippen molar-refractivity contribution in [3.8, 4) is 0 Å². The molecule has 1 aromatic rings. The lowest BCUT2D eigenvalue weighted by atomic mass is 9.96. The van der Waals surface area contributed by atoms with E-state index in [0.29, 0.717) is 6.42 Å². The summed E-state index contributed by atoms with van der Waals surface area (Å²) < 4.78 is 27.6. The van der Waals surface area contributed by atoms with Crippen LogP contribution in [0.2, 0.25) is 0 Å². The van der Waals surface area contributed by atoms with Gasteiger partial charge >= 0.3 is 18.0 Å². The minimum atomic E-state index is -1.54. The molecule has 0 aliphatic carbocycles. The molecule has 0 heterocycles. The molecule has 0 saturated heterocycles. The second kappa shape index (κ2) is 20.5. The quantitative estimate of drug-likeness (QED) is 0.126. The van der Waals surface area contributed by atoms with Gasteiger partial charge in [-0.1, -0.05) is 64.4 Å². The van der Waals surface area contributed by atoms with Crippen LogP contribution in [0.15, 0.2) is 30.3 Å². The number of ether oxygens (including phenoxy) is 3. The molecule has 1 aromatic carbocycles. The number of hydrogen-bond acceptors (Lipinski definition) is 10. The van der Waals surface area contributed by atoms with E-state index in [-0.39, 0.29) is 19.4 Å². The molecule has 15 heteroatoms. The topological polar surface area (TPSA) is 195 Å². The van der Waals surface area contributed by atoms with Crippen molar-refractivity contribution < 1.29 is 52.2 Å². The Kier molecular flexibility index (Phi) is 17.6. The Bertz CT molecular complexity index is 1200. The molecule has 0 unspecified atom stereocenters. The van der Waals surface area contributed by atoms with Gasteiger partial charge in [-0.3, -0.25) is 28.8 Å². The number of methoxy groups -OCH3 is 2. The van der Waals surface area contributed by atoms with E-state index in [2.05, 4.69) is 30.7 Å². The Morgan fingerprint density at radius 3 is 1.89 bits per heavy atom. The molecule has 0 aromatic heterocycles. The van der Waals surface area contributed by atoms with Crippen molar-refractivity contribution in [3.05, 3.63) is 35.9 Å². The number of carbonyl (C=O) groups excluding carboxylic acids is 7. The van der Waals surface area contributed by atoms with E-state index >= 15 is 0 Å². The van der Waals surface area contributed by atoms with Crippen LogP contribution in [0.1, 0.15) is 58.9 Å². The van der Waals surface area contributed by atoms with Crippen LogP contribution in [0.5, 0.6) is 0 Å². The van der Waals surface area contributed by atoms with Gasteiger partial charge in [0.2, 0.25) is 17.7 Å². The van der Waals surface area contributed by atoms with Crippen molar-refractivity contribution >= 4 is 41.5 Å². The normalized spacial score (nSPS) is 14.0. The first kappa shape index (κ1) is 39.5. The summed E-state index contributed by atoms with van der Waals surface area (Å²) in [5.41, 5.74) is 0.730. The lowest BCUT2D eigenvalue weighted by molar-refractivity contribution is -0.144. The Hall–Kier alpha value is -4.56. The number of halogens is 1. The van der Waals surface area contributed by atoms with Crippen molar-refractivity contribution in [3.63, 3.8) is 0 Å². The number of nitrogens with one attached hydrogen (secondary N) is 4. The zero-order chi connectivity index (χ0) is 34.8. The van der Waals surface area contributed by atoms with Gasteiger partial charge in [0.1, 0.15) is 37.4 Å². The fourth-order valence-electron chi connectivity index (χ4n) is 4.13. The summed E-state index contributed by atoms with van der Waals surface area (Å²) in [4.78, 5) is 88.4. The fourth-order valence-corrected chi connectivity index (χ4v) is 4.13. The van der Waals surface area contributed by atoms with Gasteiger partial charge in [0.05, 0.1) is 20.6 Å². The number of amides is 4. The zero-order valence-electron chi connectivity index (χ0n) is 27.1. The van der Waals surface area contributed by atoms with E-state index in [4.69, 9.17) is 4.74 Å². The summed E-state index contributed by atoms with van der Waals surface area (Å²) >= 11 is 0. The average molecular weight is 653 g/mol. The highest BCUT2D eigenvalue weighted by Crippen LogP contribution is 2.12. The Labute approximate surface area is 267 Å². The van der Waals surface area contributed by atoms with Crippen molar-refractivity contribution in [2.24, 2.45) is 11.8 Å². The molecule has 5 atom stereocenters. The lowest BCUT2D eigenvalue weighted by Gasteiger charge is -2.29. The van der Waals surface area contributed by atoms with E-state index in [1.807, 2.05) is 6.07 Å². The van der Waals surface area contributed by atoms with Crippen LogP contribution >= 0.6 is 0 Å². The SMILES string of the molecule is CC[C@@H](C)[C@H](NC(=O)[C@@H](CCC(=O)OC)NC(=O)[C@H](NC(=O)OCc1ccccc1)C(C)C)C(=O)N[C@@H](CC(=O)OC)C(=O)CF. The summed E-state index contributed by atoms with van der Waals surface area (Å²) in [6, 6.07) is 3.55. The molecule has 4 amide bonds. The number of benzene rings is 1. The van der Waals surface area contributed by atoms with Gasteiger partial charge in [0.25, 0.3) is 0 Å². The molecular formula is C31H45FN4O10. The molecule has 0 fully saturated rings. The summed E-state index contributed by atoms with van der Waals surface area (Å²) in [5.74, 6) is -6.05. The summed E-state index contributed by atoms with van der Waals surface area (Å²) in [7, 11) is 2.22. The molecule has 0 radical (unpaired) electrons. The highest BCUT2D eigenvalue weighted by molar-refractivity contribution is 5.97. The summed E-state index contributed by atoms with van der Waals surface area (Å²) in [6.07, 6.45) is -1.62. The Morgan fingerprint density at radius 1 is 0.761 bits per heavy atom. The molecule has 0 spiro atoms. The molecule has 14 nitrogen and oxygen atoms in total. The molecule has 0 saturated carbocycles. The second-order valence-electron chi connectivity index (χ2n) is 10.9. The maximum absolute atomic E-state index is 13.5. The van der Waals surface area contributed by atoms with Crippen molar-refractivity contribution in [1.29, 1.82) is 0 Å². The van der Waals surface area contributed by atoms with E-state index < -0.39 is 90.6 Å². The number of alkyl carbamates (subject to hydrolysis) is 1. The van der Waals surface area contributed by atoms with Gasteiger partial charge in [-0.15, -0.1) is 0 Å². The lowest BCUT2D eigenvalue weighted by Crippen LogP contribution is -2.59. The molecule has 256 valence electrons. The summed E-state index contributed by atoms with van der Waals surface area (Å²) in [6.45, 7) is 5.21. The number of ketones is 1. The van der Waals surface area contributed by atoms with E-state index in [1.54, 1.807) is 52.0 Å². The zero-order valence-corrected chi connectivity index (χ0v) is 27.1. The number of alkyl halides is 1. The molecule has 1 rings (SSSR count). The van der Waals surface area contributed by atoms with Gasteiger partial charge in [-0.25, -0.2) is 9.18 Å². The highest BCUT2D eigenvalue weighted by Gasteiger charge is 2.35. The molecule has 4 N–H and O–H groups in total. The largest absolute Gasteiger partial charge is 0.469 e. The number of Topliss-reactive ketones (excluding diaryl/α,β-unsaturated/α-hetero) is 1. The van der Waals surface area contributed by atoms with Gasteiger partial charge in [0.15, 0.2) is 5.78 Å². The third-order valence-electron chi connectivity index (χ3n) is 7.16.